The van der Waals surface area contributed by atoms with Crippen molar-refractivity contribution in [1.82, 2.24) is 5.43 Å². The molecule has 0 fully saturated rings. The second kappa shape index (κ2) is 7.83. The van der Waals surface area contributed by atoms with Crippen LogP contribution in [0, 0.1) is 5.41 Å². The Bertz CT molecular complexity index is 675. The molecular weight excluding hydrogens is 304 g/mol. The van der Waals surface area contributed by atoms with Gasteiger partial charge in [0.05, 0.1) is 11.4 Å². The molecule has 0 spiro atoms. The SMILES string of the molecule is CC(C)(C)Cc1cccc(NNC(=S)N=Nc2ccccc2)c1. The highest BCUT2D eigenvalue weighted by Gasteiger charge is 2.11. The summed E-state index contributed by atoms with van der Waals surface area (Å²) in [6, 6.07) is 17.7. The van der Waals surface area contributed by atoms with E-state index in [1.54, 1.807) is 0 Å². The Kier molecular flexibility index (Phi) is 5.82. The molecule has 0 atom stereocenters. The van der Waals surface area contributed by atoms with Gasteiger partial charge in [-0.05, 0) is 53.9 Å². The second-order valence-corrected chi connectivity index (χ2v) is 6.92. The minimum Gasteiger partial charge on any atom is -0.299 e. The molecule has 5 heteroatoms. The topological polar surface area (TPSA) is 48.8 Å². The van der Waals surface area contributed by atoms with Gasteiger partial charge in [-0.3, -0.25) is 10.9 Å². The maximum absolute atomic E-state index is 5.14. The fourth-order valence-electron chi connectivity index (χ4n) is 2.12. The summed E-state index contributed by atoms with van der Waals surface area (Å²) in [5.74, 6) is 0. The van der Waals surface area contributed by atoms with Gasteiger partial charge in [0, 0.05) is 0 Å². The maximum Gasteiger partial charge on any atom is 0.232 e. The molecule has 0 aliphatic rings. The number of thiocarbonyl (C=S) groups is 1. The molecule has 0 aromatic heterocycles. The maximum atomic E-state index is 5.14. The summed E-state index contributed by atoms with van der Waals surface area (Å²) < 4.78 is 0. The van der Waals surface area contributed by atoms with Gasteiger partial charge in [0.25, 0.3) is 0 Å². The average molecular weight is 326 g/mol. The van der Waals surface area contributed by atoms with E-state index in [4.69, 9.17) is 12.2 Å². The molecule has 0 radical (unpaired) electrons. The lowest BCUT2D eigenvalue weighted by molar-refractivity contribution is 0.411. The van der Waals surface area contributed by atoms with E-state index in [-0.39, 0.29) is 10.5 Å². The first kappa shape index (κ1) is 17.1. The van der Waals surface area contributed by atoms with Crippen molar-refractivity contribution in [3.05, 3.63) is 60.2 Å². The predicted octanol–water partition coefficient (Wildman–Crippen LogP) is 5.26. The van der Waals surface area contributed by atoms with Crippen LogP contribution in [-0.4, -0.2) is 5.11 Å². The van der Waals surface area contributed by atoms with Gasteiger partial charge in [0.1, 0.15) is 0 Å². The van der Waals surface area contributed by atoms with E-state index in [1.165, 1.54) is 5.56 Å². The highest BCUT2D eigenvalue weighted by atomic mass is 32.1. The lowest BCUT2D eigenvalue weighted by atomic mass is 9.88. The van der Waals surface area contributed by atoms with Crippen molar-refractivity contribution in [1.29, 1.82) is 0 Å². The second-order valence-electron chi connectivity index (χ2n) is 6.53. The van der Waals surface area contributed by atoms with E-state index < -0.39 is 0 Å². The zero-order chi connectivity index (χ0) is 16.7. The zero-order valence-electron chi connectivity index (χ0n) is 13.7. The summed E-state index contributed by atoms with van der Waals surface area (Å²) >= 11 is 5.14. The molecule has 0 aliphatic heterocycles. The number of rotatable bonds is 4. The highest BCUT2D eigenvalue weighted by molar-refractivity contribution is 7.80. The summed E-state index contributed by atoms with van der Waals surface area (Å²) in [6.07, 6.45) is 1.01. The molecule has 0 saturated carbocycles. The van der Waals surface area contributed by atoms with E-state index in [0.29, 0.717) is 0 Å². The molecule has 0 saturated heterocycles. The Labute approximate surface area is 143 Å². The first-order valence-electron chi connectivity index (χ1n) is 7.54. The van der Waals surface area contributed by atoms with Gasteiger partial charge in [-0.15, -0.1) is 10.2 Å². The van der Waals surface area contributed by atoms with Gasteiger partial charge in [-0.1, -0.05) is 51.1 Å². The molecule has 2 aromatic rings. The van der Waals surface area contributed by atoms with E-state index in [2.05, 4.69) is 54.0 Å². The standard InChI is InChI=1S/C18H22N4S/c1-18(2,3)13-14-8-7-11-16(12-14)20-22-17(23)21-19-15-9-5-4-6-10-15/h4-12,20H,13H2,1-3H3,(H,22,23). The fraction of sp³-hybridized carbons (Fsp3) is 0.278. The van der Waals surface area contributed by atoms with Crippen LogP contribution in [0.5, 0.6) is 0 Å². The lowest BCUT2D eigenvalue weighted by Gasteiger charge is -2.18. The Balaban J connectivity index is 1.89. The molecule has 0 amide bonds. The summed E-state index contributed by atoms with van der Waals surface area (Å²) in [6.45, 7) is 6.68. The van der Waals surface area contributed by atoms with E-state index in [1.807, 2.05) is 42.5 Å². The van der Waals surface area contributed by atoms with Crippen LogP contribution in [0.1, 0.15) is 26.3 Å². The van der Waals surface area contributed by atoms with E-state index >= 15 is 0 Å². The van der Waals surface area contributed by atoms with Gasteiger partial charge in [0.2, 0.25) is 5.11 Å². The van der Waals surface area contributed by atoms with Crippen LogP contribution in [-0.2, 0) is 6.42 Å². The zero-order valence-corrected chi connectivity index (χ0v) is 14.5. The lowest BCUT2D eigenvalue weighted by Crippen LogP contribution is -2.26. The predicted molar refractivity (Wildman–Crippen MR) is 99.9 cm³/mol. The number of nitrogens with zero attached hydrogens (tertiary/aromatic N) is 2. The van der Waals surface area contributed by atoms with Crippen molar-refractivity contribution in [2.24, 2.45) is 15.6 Å². The van der Waals surface area contributed by atoms with Gasteiger partial charge in [0.15, 0.2) is 0 Å². The van der Waals surface area contributed by atoms with Crippen molar-refractivity contribution in [3.8, 4) is 0 Å². The average Bonchev–Trinajstić information content (AvgIpc) is 2.51. The summed E-state index contributed by atoms with van der Waals surface area (Å²) in [7, 11) is 0. The van der Waals surface area contributed by atoms with Crippen molar-refractivity contribution >= 4 is 28.7 Å². The van der Waals surface area contributed by atoms with Gasteiger partial charge in [-0.2, -0.15) is 0 Å². The van der Waals surface area contributed by atoms with Crippen LogP contribution >= 0.6 is 12.2 Å². The quantitative estimate of drug-likeness (QED) is 0.458. The summed E-state index contributed by atoms with van der Waals surface area (Å²) in [5.41, 5.74) is 9.19. The Morgan fingerprint density at radius 3 is 2.48 bits per heavy atom. The number of nitrogens with one attached hydrogen (secondary N) is 2. The van der Waals surface area contributed by atoms with Gasteiger partial charge >= 0.3 is 0 Å². The van der Waals surface area contributed by atoms with Crippen LogP contribution < -0.4 is 10.9 Å². The molecule has 120 valence electrons. The van der Waals surface area contributed by atoms with Crippen LogP contribution in [0.15, 0.2) is 64.8 Å². The number of anilines is 1. The van der Waals surface area contributed by atoms with Gasteiger partial charge < -0.3 is 0 Å². The molecule has 2 rings (SSSR count). The third-order valence-electron chi connectivity index (χ3n) is 2.99. The minimum absolute atomic E-state index is 0.255. The van der Waals surface area contributed by atoms with Crippen LogP contribution in [0.4, 0.5) is 11.4 Å². The third kappa shape index (κ3) is 6.57. The Hall–Kier alpha value is -2.27. The monoisotopic (exact) mass is 326 g/mol. The molecule has 4 nitrogen and oxygen atoms in total. The molecule has 23 heavy (non-hydrogen) atoms. The van der Waals surface area contributed by atoms with Crippen LogP contribution in [0.3, 0.4) is 0 Å². The molecule has 0 aliphatic carbocycles. The first-order valence-corrected chi connectivity index (χ1v) is 7.95. The smallest absolute Gasteiger partial charge is 0.232 e. The number of hydrogen-bond donors (Lipinski definition) is 2. The largest absolute Gasteiger partial charge is 0.299 e. The number of azo groups is 1. The van der Waals surface area contributed by atoms with Crippen LogP contribution in [0.2, 0.25) is 0 Å². The normalized spacial score (nSPS) is 11.4. The molecule has 0 bridgehead atoms. The van der Waals surface area contributed by atoms with Crippen LogP contribution in [0.25, 0.3) is 0 Å². The van der Waals surface area contributed by atoms with Gasteiger partial charge in [-0.25, -0.2) is 0 Å². The first-order chi connectivity index (χ1) is 10.9. The fourth-order valence-corrected chi connectivity index (χ4v) is 2.21. The summed E-state index contributed by atoms with van der Waals surface area (Å²) in [5, 5.41) is 8.33. The third-order valence-corrected chi connectivity index (χ3v) is 3.17. The van der Waals surface area contributed by atoms with Crippen molar-refractivity contribution in [3.63, 3.8) is 0 Å². The van der Waals surface area contributed by atoms with E-state index in [0.717, 1.165) is 17.8 Å². The van der Waals surface area contributed by atoms with E-state index in [9.17, 15) is 0 Å². The van der Waals surface area contributed by atoms with Crippen molar-refractivity contribution in [2.75, 3.05) is 5.43 Å². The number of hydrazine groups is 1. The van der Waals surface area contributed by atoms with Crippen molar-refractivity contribution < 1.29 is 0 Å². The molecule has 0 heterocycles. The number of benzene rings is 2. The Morgan fingerprint density at radius 2 is 1.78 bits per heavy atom. The molecule has 0 unspecified atom stereocenters. The number of hydrogen-bond acceptors (Lipinski definition) is 3. The highest BCUT2D eigenvalue weighted by Crippen LogP contribution is 2.22. The molecule has 2 aromatic carbocycles. The Morgan fingerprint density at radius 1 is 1.04 bits per heavy atom. The minimum atomic E-state index is 0.255. The van der Waals surface area contributed by atoms with Crippen molar-refractivity contribution in [2.45, 2.75) is 27.2 Å². The molecular formula is C18H22N4S. The molecule has 2 N–H and O–H groups in total. The summed E-state index contributed by atoms with van der Waals surface area (Å²) in [4.78, 5) is 0.